The summed E-state index contributed by atoms with van der Waals surface area (Å²) in [4.78, 5) is 9.45. The monoisotopic (exact) mass is 457 g/mol. The van der Waals surface area contributed by atoms with Gasteiger partial charge < -0.3 is 9.88 Å². The van der Waals surface area contributed by atoms with Gasteiger partial charge in [0.2, 0.25) is 0 Å². The van der Waals surface area contributed by atoms with E-state index in [-0.39, 0.29) is 0 Å². The van der Waals surface area contributed by atoms with Crippen molar-refractivity contribution >= 4 is 27.6 Å². The molecule has 0 unspecified atom stereocenters. The summed E-state index contributed by atoms with van der Waals surface area (Å²) in [5.41, 5.74) is 7.85. The van der Waals surface area contributed by atoms with Crippen LogP contribution in [0, 0.1) is 18.3 Å². The fourth-order valence-electron chi connectivity index (χ4n) is 5.36. The van der Waals surface area contributed by atoms with Gasteiger partial charge in [-0.25, -0.2) is 4.98 Å². The normalized spacial score (nSPS) is 14.3. The number of pyridine rings is 2. The van der Waals surface area contributed by atoms with Crippen molar-refractivity contribution in [2.24, 2.45) is 0 Å². The van der Waals surface area contributed by atoms with E-state index in [2.05, 4.69) is 58.3 Å². The van der Waals surface area contributed by atoms with E-state index < -0.39 is 0 Å². The molecular weight excluding hydrogens is 430 g/mol. The molecule has 5 nitrogen and oxygen atoms in total. The average Bonchev–Trinajstić information content (AvgIpc) is 3.25. The van der Waals surface area contributed by atoms with Gasteiger partial charge in [-0.1, -0.05) is 37.5 Å². The Bertz CT molecular complexity index is 1580. The van der Waals surface area contributed by atoms with Crippen LogP contribution in [0.25, 0.3) is 38.8 Å². The predicted octanol–water partition coefficient (Wildman–Crippen LogP) is 7.17. The van der Waals surface area contributed by atoms with Gasteiger partial charge in [-0.2, -0.15) is 5.26 Å². The number of nitrogens with zero attached hydrogens (tertiary/aromatic N) is 4. The maximum absolute atomic E-state index is 9.71. The molecule has 6 rings (SSSR count). The maximum Gasteiger partial charge on any atom is 0.145 e. The molecule has 3 aromatic heterocycles. The number of fused-ring (bicyclic) bond motifs is 2. The zero-order valence-electron chi connectivity index (χ0n) is 19.8. The van der Waals surface area contributed by atoms with Crippen molar-refractivity contribution in [1.82, 2.24) is 14.5 Å². The number of nitriles is 1. The van der Waals surface area contributed by atoms with E-state index in [1.54, 1.807) is 0 Å². The summed E-state index contributed by atoms with van der Waals surface area (Å²) in [6.07, 6.45) is 12.1. The second-order valence-corrected chi connectivity index (χ2v) is 9.48. The minimum atomic E-state index is 0.430. The van der Waals surface area contributed by atoms with E-state index >= 15 is 0 Å². The molecule has 2 aromatic carbocycles. The van der Waals surface area contributed by atoms with Crippen LogP contribution in [0.2, 0.25) is 0 Å². The van der Waals surface area contributed by atoms with Crippen molar-refractivity contribution in [1.29, 1.82) is 5.26 Å². The second-order valence-electron chi connectivity index (χ2n) is 9.48. The van der Waals surface area contributed by atoms with Crippen molar-refractivity contribution in [3.8, 4) is 22.9 Å². The van der Waals surface area contributed by atoms with E-state index in [9.17, 15) is 5.26 Å². The Balaban J connectivity index is 1.45. The number of nitrogens with one attached hydrogen (secondary N) is 1. The molecule has 0 atom stereocenters. The van der Waals surface area contributed by atoms with E-state index in [1.165, 1.54) is 19.3 Å². The van der Waals surface area contributed by atoms with E-state index in [0.717, 1.165) is 62.8 Å². The van der Waals surface area contributed by atoms with Gasteiger partial charge in [0.1, 0.15) is 11.7 Å². The number of anilines is 1. The van der Waals surface area contributed by atoms with Crippen LogP contribution in [0.15, 0.2) is 73.2 Å². The van der Waals surface area contributed by atoms with Gasteiger partial charge in [0, 0.05) is 46.7 Å². The summed E-state index contributed by atoms with van der Waals surface area (Å²) in [6, 6.07) is 21.3. The molecule has 0 spiro atoms. The molecule has 0 aliphatic heterocycles. The lowest BCUT2D eigenvalue weighted by molar-refractivity contribution is 0.462. The van der Waals surface area contributed by atoms with Crippen molar-refractivity contribution in [3.05, 3.63) is 84.3 Å². The lowest BCUT2D eigenvalue weighted by atomic mass is 9.95. The summed E-state index contributed by atoms with van der Waals surface area (Å²) in [5.74, 6) is 0. The summed E-state index contributed by atoms with van der Waals surface area (Å²) < 4.78 is 2.13. The number of aromatic nitrogens is 3. The zero-order valence-corrected chi connectivity index (χ0v) is 19.8. The smallest absolute Gasteiger partial charge is 0.145 e. The van der Waals surface area contributed by atoms with Crippen LogP contribution in [0.4, 0.5) is 5.69 Å². The Hall–Kier alpha value is -4.17. The highest BCUT2D eigenvalue weighted by Gasteiger charge is 2.18. The molecule has 172 valence electrons. The Morgan fingerprint density at radius 2 is 1.86 bits per heavy atom. The first-order valence-corrected chi connectivity index (χ1v) is 12.3. The van der Waals surface area contributed by atoms with E-state index in [4.69, 9.17) is 4.98 Å². The third-order valence-corrected chi connectivity index (χ3v) is 7.14. The van der Waals surface area contributed by atoms with E-state index in [1.807, 2.05) is 42.7 Å². The van der Waals surface area contributed by atoms with Crippen molar-refractivity contribution in [2.75, 3.05) is 5.32 Å². The van der Waals surface area contributed by atoms with Crippen molar-refractivity contribution < 1.29 is 0 Å². The van der Waals surface area contributed by atoms with Crippen LogP contribution in [0.3, 0.4) is 0 Å². The largest absolute Gasteiger partial charge is 0.381 e. The fourth-order valence-corrected chi connectivity index (χ4v) is 5.36. The highest BCUT2D eigenvalue weighted by molar-refractivity contribution is 5.98. The first-order valence-electron chi connectivity index (χ1n) is 12.3. The molecule has 3 heterocycles. The van der Waals surface area contributed by atoms with Gasteiger partial charge in [0.25, 0.3) is 0 Å². The van der Waals surface area contributed by atoms with Crippen LogP contribution in [-0.4, -0.2) is 20.6 Å². The number of rotatable bonds is 4. The molecule has 0 saturated heterocycles. The van der Waals surface area contributed by atoms with Crippen molar-refractivity contribution in [2.45, 2.75) is 45.1 Å². The molecule has 0 bridgehead atoms. The SMILES string of the molecule is Cc1cn(-c2ccc(C#N)c(NC3CCCCC3)c2)c2nccc(-c3cnc4ccccc4c3)c12. The zero-order chi connectivity index (χ0) is 23.8. The number of aryl methyl sites for hydroxylation is 1. The Morgan fingerprint density at radius 3 is 2.71 bits per heavy atom. The lowest BCUT2D eigenvalue weighted by Gasteiger charge is -2.24. The third-order valence-electron chi connectivity index (χ3n) is 7.14. The molecular formula is C30H27N5. The van der Waals surface area contributed by atoms with Crippen LogP contribution in [0.5, 0.6) is 0 Å². The van der Waals surface area contributed by atoms with Crippen LogP contribution >= 0.6 is 0 Å². The fraction of sp³-hybridized carbons (Fsp3) is 0.233. The summed E-state index contributed by atoms with van der Waals surface area (Å²) >= 11 is 0. The van der Waals surface area contributed by atoms with Gasteiger partial charge in [-0.3, -0.25) is 4.98 Å². The molecule has 35 heavy (non-hydrogen) atoms. The molecule has 0 radical (unpaired) electrons. The standard InChI is InChI=1S/C30H27N5/c1-20-19-35(25-12-11-22(17-31)28(16-25)34-24-8-3-2-4-9-24)30-29(20)26(13-14-32-30)23-15-21-7-5-6-10-27(21)33-18-23/h5-7,10-16,18-19,24,34H,2-4,8-9H2,1H3. The summed E-state index contributed by atoms with van der Waals surface area (Å²) in [7, 11) is 0. The highest BCUT2D eigenvalue weighted by Crippen LogP contribution is 2.34. The molecule has 1 aliphatic rings. The third kappa shape index (κ3) is 3.91. The first-order chi connectivity index (χ1) is 17.2. The van der Waals surface area contributed by atoms with Gasteiger partial charge in [0.15, 0.2) is 0 Å². The molecule has 1 fully saturated rings. The minimum absolute atomic E-state index is 0.430. The van der Waals surface area contributed by atoms with Gasteiger partial charge in [-0.15, -0.1) is 0 Å². The molecule has 5 aromatic rings. The van der Waals surface area contributed by atoms with E-state index in [0.29, 0.717) is 11.6 Å². The van der Waals surface area contributed by atoms with Gasteiger partial charge >= 0.3 is 0 Å². The van der Waals surface area contributed by atoms with Crippen LogP contribution < -0.4 is 5.32 Å². The molecule has 5 heteroatoms. The number of hydrogen-bond donors (Lipinski definition) is 1. The summed E-state index contributed by atoms with van der Waals surface area (Å²) in [6.45, 7) is 2.13. The Labute approximate surface area is 205 Å². The van der Waals surface area contributed by atoms with Gasteiger partial charge in [-0.05, 0) is 67.3 Å². The number of hydrogen-bond acceptors (Lipinski definition) is 4. The quantitative estimate of drug-likeness (QED) is 0.311. The predicted molar refractivity (Wildman–Crippen MR) is 142 cm³/mol. The van der Waals surface area contributed by atoms with Crippen molar-refractivity contribution in [3.63, 3.8) is 0 Å². The van der Waals surface area contributed by atoms with Crippen LogP contribution in [-0.2, 0) is 0 Å². The van der Waals surface area contributed by atoms with Crippen LogP contribution in [0.1, 0.15) is 43.2 Å². The highest BCUT2D eigenvalue weighted by atomic mass is 15.0. The average molecular weight is 458 g/mol. The maximum atomic E-state index is 9.71. The number of para-hydroxylation sites is 1. The number of benzene rings is 2. The summed E-state index contributed by atoms with van der Waals surface area (Å²) in [5, 5.41) is 15.6. The molecule has 1 saturated carbocycles. The molecule has 0 amide bonds. The first kappa shape index (κ1) is 21.4. The minimum Gasteiger partial charge on any atom is -0.381 e. The Morgan fingerprint density at radius 1 is 1.00 bits per heavy atom. The molecule has 1 N–H and O–H groups in total. The molecule has 1 aliphatic carbocycles. The Kier molecular flexibility index (Phi) is 5.42. The topological polar surface area (TPSA) is 66.5 Å². The lowest BCUT2D eigenvalue weighted by Crippen LogP contribution is -2.22. The van der Waals surface area contributed by atoms with Gasteiger partial charge in [0.05, 0.1) is 16.8 Å². The second kappa shape index (κ2) is 8.88.